The lowest BCUT2D eigenvalue weighted by Crippen LogP contribution is -2.26. The first-order valence-corrected chi connectivity index (χ1v) is 7.25. The SMILES string of the molecule is CN(C)C#CCc1ccc2c(ccn2C(=O)OC(C)(C)C)c1. The maximum absolute atomic E-state index is 12.2. The molecular formula is C18H22N2O2. The summed E-state index contributed by atoms with van der Waals surface area (Å²) in [4.78, 5) is 14.0. The molecule has 0 aliphatic rings. The molecule has 1 heterocycles. The van der Waals surface area contributed by atoms with Crippen molar-refractivity contribution >= 4 is 17.0 Å². The van der Waals surface area contributed by atoms with E-state index in [1.54, 1.807) is 6.20 Å². The highest BCUT2D eigenvalue weighted by Gasteiger charge is 2.18. The molecule has 0 amide bonds. The van der Waals surface area contributed by atoms with Gasteiger partial charge in [-0.3, -0.25) is 4.57 Å². The second-order valence-corrected chi connectivity index (χ2v) is 6.42. The van der Waals surface area contributed by atoms with Crippen molar-refractivity contribution in [1.29, 1.82) is 0 Å². The van der Waals surface area contributed by atoms with Crippen LogP contribution >= 0.6 is 0 Å². The Morgan fingerprint density at radius 3 is 2.64 bits per heavy atom. The van der Waals surface area contributed by atoms with Crippen LogP contribution in [-0.2, 0) is 11.2 Å². The van der Waals surface area contributed by atoms with Crippen molar-refractivity contribution in [3.8, 4) is 12.0 Å². The Balaban J connectivity index is 2.24. The molecular weight excluding hydrogens is 276 g/mol. The Morgan fingerprint density at radius 2 is 2.00 bits per heavy atom. The fraction of sp³-hybridized carbons (Fsp3) is 0.389. The molecule has 0 aliphatic carbocycles. The van der Waals surface area contributed by atoms with Crippen LogP contribution in [0.5, 0.6) is 0 Å². The summed E-state index contributed by atoms with van der Waals surface area (Å²) in [6, 6.07) is 10.9. The zero-order valence-electron chi connectivity index (χ0n) is 13.8. The summed E-state index contributed by atoms with van der Waals surface area (Å²) in [7, 11) is 3.83. The minimum Gasteiger partial charge on any atom is -0.443 e. The van der Waals surface area contributed by atoms with Crippen molar-refractivity contribution in [3.05, 3.63) is 36.0 Å². The molecule has 2 aromatic rings. The van der Waals surface area contributed by atoms with Gasteiger partial charge in [0.1, 0.15) is 5.60 Å². The van der Waals surface area contributed by atoms with E-state index >= 15 is 0 Å². The molecule has 0 atom stereocenters. The molecule has 2 rings (SSSR count). The minimum absolute atomic E-state index is 0.359. The van der Waals surface area contributed by atoms with Crippen molar-refractivity contribution in [2.45, 2.75) is 32.8 Å². The van der Waals surface area contributed by atoms with E-state index in [1.165, 1.54) is 4.57 Å². The van der Waals surface area contributed by atoms with E-state index in [0.29, 0.717) is 6.42 Å². The second kappa shape index (κ2) is 6.15. The van der Waals surface area contributed by atoms with Gasteiger partial charge in [-0.1, -0.05) is 12.0 Å². The summed E-state index contributed by atoms with van der Waals surface area (Å²) in [6.07, 6.45) is 2.07. The maximum atomic E-state index is 12.2. The van der Waals surface area contributed by atoms with Gasteiger partial charge in [-0.2, -0.15) is 0 Å². The molecule has 0 unspecified atom stereocenters. The van der Waals surface area contributed by atoms with Gasteiger partial charge in [-0.25, -0.2) is 4.79 Å². The number of hydrogen-bond donors (Lipinski definition) is 0. The van der Waals surface area contributed by atoms with Gasteiger partial charge >= 0.3 is 6.09 Å². The van der Waals surface area contributed by atoms with Gasteiger partial charge in [0.25, 0.3) is 0 Å². The molecule has 0 bridgehead atoms. The number of carbonyl (C=O) groups is 1. The predicted octanol–water partition coefficient (Wildman–Crippen LogP) is 3.49. The quantitative estimate of drug-likeness (QED) is 0.597. The maximum Gasteiger partial charge on any atom is 0.418 e. The third-order valence-electron chi connectivity index (χ3n) is 2.94. The Morgan fingerprint density at radius 1 is 1.27 bits per heavy atom. The fourth-order valence-corrected chi connectivity index (χ4v) is 2.07. The largest absolute Gasteiger partial charge is 0.443 e. The molecule has 0 N–H and O–H groups in total. The van der Waals surface area contributed by atoms with Crippen LogP contribution in [0.15, 0.2) is 30.5 Å². The van der Waals surface area contributed by atoms with Gasteiger partial charge in [0.2, 0.25) is 0 Å². The summed E-state index contributed by atoms with van der Waals surface area (Å²) in [5.41, 5.74) is 1.47. The van der Waals surface area contributed by atoms with E-state index < -0.39 is 5.60 Å². The second-order valence-electron chi connectivity index (χ2n) is 6.42. The van der Waals surface area contributed by atoms with Crippen LogP contribution in [0.3, 0.4) is 0 Å². The highest BCUT2D eigenvalue weighted by atomic mass is 16.6. The molecule has 0 fully saturated rings. The van der Waals surface area contributed by atoms with Gasteiger partial charge in [0.05, 0.1) is 5.52 Å². The first kappa shape index (κ1) is 16.0. The predicted molar refractivity (Wildman–Crippen MR) is 88.7 cm³/mol. The molecule has 0 saturated heterocycles. The van der Waals surface area contributed by atoms with Crippen LogP contribution in [0, 0.1) is 12.0 Å². The van der Waals surface area contributed by atoms with E-state index in [9.17, 15) is 4.79 Å². The zero-order chi connectivity index (χ0) is 16.3. The van der Waals surface area contributed by atoms with Gasteiger partial charge in [-0.15, -0.1) is 0 Å². The Labute approximate surface area is 131 Å². The molecule has 1 aromatic heterocycles. The van der Waals surface area contributed by atoms with E-state index in [4.69, 9.17) is 4.74 Å². The average Bonchev–Trinajstić information content (AvgIpc) is 2.79. The van der Waals surface area contributed by atoms with Crippen molar-refractivity contribution in [3.63, 3.8) is 0 Å². The van der Waals surface area contributed by atoms with Crippen LogP contribution in [0.2, 0.25) is 0 Å². The summed E-state index contributed by atoms with van der Waals surface area (Å²) in [6.45, 7) is 5.58. The number of benzene rings is 1. The summed E-state index contributed by atoms with van der Waals surface area (Å²) < 4.78 is 6.95. The van der Waals surface area contributed by atoms with E-state index in [2.05, 4.69) is 18.0 Å². The minimum atomic E-state index is -0.505. The molecule has 22 heavy (non-hydrogen) atoms. The summed E-state index contributed by atoms with van der Waals surface area (Å²) in [5, 5.41) is 1.01. The normalized spacial score (nSPS) is 11.0. The summed E-state index contributed by atoms with van der Waals surface area (Å²) >= 11 is 0. The lowest BCUT2D eigenvalue weighted by molar-refractivity contribution is 0.0544. The first-order chi connectivity index (χ1) is 10.3. The lowest BCUT2D eigenvalue weighted by atomic mass is 10.1. The number of fused-ring (bicyclic) bond motifs is 1. The molecule has 116 valence electrons. The van der Waals surface area contributed by atoms with Gasteiger partial charge < -0.3 is 9.64 Å². The van der Waals surface area contributed by atoms with Gasteiger partial charge in [0.15, 0.2) is 0 Å². The molecule has 4 nitrogen and oxygen atoms in total. The highest BCUT2D eigenvalue weighted by Crippen LogP contribution is 2.19. The highest BCUT2D eigenvalue weighted by molar-refractivity contribution is 5.90. The van der Waals surface area contributed by atoms with E-state index in [-0.39, 0.29) is 6.09 Å². The third kappa shape index (κ3) is 4.05. The van der Waals surface area contributed by atoms with Crippen LogP contribution in [0.25, 0.3) is 10.9 Å². The van der Waals surface area contributed by atoms with E-state index in [1.807, 2.05) is 58.0 Å². The summed E-state index contributed by atoms with van der Waals surface area (Å²) in [5.74, 6) is 3.10. The Kier molecular flexibility index (Phi) is 4.46. The topological polar surface area (TPSA) is 34.5 Å². The van der Waals surface area contributed by atoms with Crippen molar-refractivity contribution in [1.82, 2.24) is 9.47 Å². The van der Waals surface area contributed by atoms with Crippen molar-refractivity contribution in [2.24, 2.45) is 0 Å². The lowest BCUT2D eigenvalue weighted by Gasteiger charge is -2.19. The number of rotatable bonds is 1. The fourth-order valence-electron chi connectivity index (χ4n) is 2.07. The zero-order valence-corrected chi connectivity index (χ0v) is 13.8. The van der Waals surface area contributed by atoms with Crippen LogP contribution in [0.4, 0.5) is 4.79 Å². The smallest absolute Gasteiger partial charge is 0.418 e. The monoisotopic (exact) mass is 298 g/mol. The van der Waals surface area contributed by atoms with E-state index in [0.717, 1.165) is 16.5 Å². The molecule has 0 spiro atoms. The van der Waals surface area contributed by atoms with Crippen LogP contribution < -0.4 is 0 Å². The number of aromatic nitrogens is 1. The Hall–Kier alpha value is -2.41. The van der Waals surface area contributed by atoms with Gasteiger partial charge in [0, 0.05) is 38.1 Å². The number of carbonyl (C=O) groups excluding carboxylic acids is 1. The molecule has 0 radical (unpaired) electrons. The van der Waals surface area contributed by atoms with Crippen molar-refractivity contribution < 1.29 is 9.53 Å². The molecule has 0 aliphatic heterocycles. The average molecular weight is 298 g/mol. The Bertz CT molecular complexity index is 740. The number of nitrogens with zero attached hydrogens (tertiary/aromatic N) is 2. The number of ether oxygens (including phenoxy) is 1. The van der Waals surface area contributed by atoms with Crippen molar-refractivity contribution in [2.75, 3.05) is 14.1 Å². The van der Waals surface area contributed by atoms with Crippen LogP contribution in [0.1, 0.15) is 26.3 Å². The third-order valence-corrected chi connectivity index (χ3v) is 2.94. The first-order valence-electron chi connectivity index (χ1n) is 7.25. The van der Waals surface area contributed by atoms with Crippen LogP contribution in [-0.4, -0.2) is 35.3 Å². The number of hydrogen-bond acceptors (Lipinski definition) is 3. The standard InChI is InChI=1S/C18H22N2O2/c1-18(2,3)22-17(21)20-12-10-15-13-14(8-9-16(15)20)7-6-11-19(4)5/h8-10,12-13H,7H2,1-5H3. The van der Waals surface area contributed by atoms with Gasteiger partial charge in [-0.05, 0) is 44.5 Å². The molecule has 4 heteroatoms. The molecule has 0 saturated carbocycles. The molecule has 1 aromatic carbocycles.